The van der Waals surface area contributed by atoms with Gasteiger partial charge in [-0.15, -0.1) is 0 Å². The van der Waals surface area contributed by atoms with Gasteiger partial charge in [0, 0.05) is 19.3 Å². The Kier molecular flexibility index (Phi) is 8.40. The van der Waals surface area contributed by atoms with E-state index in [-0.39, 0.29) is 12.8 Å². The third-order valence-corrected chi connectivity index (χ3v) is 11.2. The second-order valence-electron chi connectivity index (χ2n) is 9.72. The number of rotatable bonds is 6. The molecule has 0 atom stereocenters. The van der Waals surface area contributed by atoms with Crippen LogP contribution < -0.4 is 0 Å². The number of pyridine rings is 1. The van der Waals surface area contributed by atoms with Crippen LogP contribution in [0.4, 0.5) is 30.7 Å². The summed E-state index contributed by atoms with van der Waals surface area (Å²) >= 11 is 0. The first-order chi connectivity index (χ1) is 18.1. The zero-order chi connectivity index (χ0) is 30.5. The first-order valence-corrected chi connectivity index (χ1v) is 14.8. The Morgan fingerprint density at radius 1 is 0.975 bits per heavy atom. The van der Waals surface area contributed by atoms with E-state index in [0.717, 1.165) is 17.0 Å². The molecule has 7 nitrogen and oxygen atoms in total. The fraction of sp³-hybridized carbons (Fsp3) is 0.500. The highest BCUT2D eigenvalue weighted by molar-refractivity contribution is 7.92. The van der Waals surface area contributed by atoms with Gasteiger partial charge in [0.05, 0.1) is 26.2 Å². The predicted octanol–water partition coefficient (Wildman–Crippen LogP) is 5.46. The average Bonchev–Trinajstić information content (AvgIpc) is 2.86. The molecule has 1 aromatic carbocycles. The van der Waals surface area contributed by atoms with Crippen LogP contribution >= 0.6 is 0 Å². The van der Waals surface area contributed by atoms with E-state index in [0.29, 0.717) is 24.4 Å². The van der Waals surface area contributed by atoms with Gasteiger partial charge in [0.2, 0.25) is 14.8 Å². The highest BCUT2D eigenvalue weighted by atomic mass is 32.2. The summed E-state index contributed by atoms with van der Waals surface area (Å²) in [4.78, 5) is 15.9. The van der Waals surface area contributed by atoms with Crippen LogP contribution in [0.3, 0.4) is 0 Å². The van der Waals surface area contributed by atoms with Crippen molar-refractivity contribution >= 4 is 25.6 Å². The Morgan fingerprint density at radius 2 is 1.52 bits per heavy atom. The standard InChI is InChI=1S/C24H25F7N2O5S2/c1-14(2)39(35,36)19-12-16(24(29,30)31)13-32-20(19)21(34)33(3)17-7-9-22(25,10-8-17)40(37,38)18-6-4-5-15(11-18)23(26,27)28/h4-6,11-14,17H,7-10H2,1-3H3/t17-,22+. The monoisotopic (exact) mass is 618 g/mol. The van der Waals surface area contributed by atoms with Crippen LogP contribution in [0.25, 0.3) is 0 Å². The molecule has 0 unspecified atom stereocenters. The summed E-state index contributed by atoms with van der Waals surface area (Å²) in [5.41, 5.74) is -3.43. The first kappa shape index (κ1) is 31.8. The molecular weight excluding hydrogens is 593 g/mol. The average molecular weight is 619 g/mol. The van der Waals surface area contributed by atoms with Crippen LogP contribution in [0.1, 0.15) is 61.1 Å². The van der Waals surface area contributed by atoms with E-state index in [1.54, 1.807) is 0 Å². The van der Waals surface area contributed by atoms with Crippen molar-refractivity contribution in [3.63, 3.8) is 0 Å². The molecule has 0 aliphatic heterocycles. The van der Waals surface area contributed by atoms with Crippen LogP contribution in [0.2, 0.25) is 0 Å². The van der Waals surface area contributed by atoms with Gasteiger partial charge < -0.3 is 4.90 Å². The summed E-state index contributed by atoms with van der Waals surface area (Å²) in [7, 11) is -8.12. The van der Waals surface area contributed by atoms with E-state index < -0.39 is 93.7 Å². The number of alkyl halides is 7. The van der Waals surface area contributed by atoms with E-state index in [4.69, 9.17) is 0 Å². The Morgan fingerprint density at radius 3 is 2.02 bits per heavy atom. The summed E-state index contributed by atoms with van der Waals surface area (Å²) in [6.45, 7) is 2.42. The minimum Gasteiger partial charge on any atom is -0.337 e. The van der Waals surface area contributed by atoms with Gasteiger partial charge >= 0.3 is 12.4 Å². The molecule has 222 valence electrons. The number of benzene rings is 1. The highest BCUT2D eigenvalue weighted by Gasteiger charge is 2.49. The van der Waals surface area contributed by atoms with Crippen molar-refractivity contribution in [1.82, 2.24) is 9.88 Å². The molecule has 0 radical (unpaired) electrons. The largest absolute Gasteiger partial charge is 0.417 e. The van der Waals surface area contributed by atoms with Gasteiger partial charge in [0.15, 0.2) is 9.84 Å². The summed E-state index contributed by atoms with van der Waals surface area (Å²) in [5.74, 6) is -1.08. The molecule has 3 rings (SSSR count). The van der Waals surface area contributed by atoms with E-state index >= 15 is 4.39 Å². The van der Waals surface area contributed by atoms with Crippen LogP contribution in [0.15, 0.2) is 46.3 Å². The fourth-order valence-corrected chi connectivity index (χ4v) is 7.25. The normalized spacial score (nSPS) is 20.9. The number of aromatic nitrogens is 1. The maximum atomic E-state index is 15.7. The Labute approximate surface area is 226 Å². The summed E-state index contributed by atoms with van der Waals surface area (Å²) in [6, 6.07) is 2.12. The summed E-state index contributed by atoms with van der Waals surface area (Å²) < 4.78 is 146. The molecule has 1 saturated carbocycles. The van der Waals surface area contributed by atoms with Crippen molar-refractivity contribution in [1.29, 1.82) is 0 Å². The van der Waals surface area contributed by atoms with Gasteiger partial charge in [-0.2, -0.15) is 26.3 Å². The molecule has 0 N–H and O–H groups in total. The second kappa shape index (κ2) is 10.6. The van der Waals surface area contributed by atoms with E-state index in [1.165, 1.54) is 20.9 Å². The number of hydrogen-bond donors (Lipinski definition) is 0. The smallest absolute Gasteiger partial charge is 0.337 e. The molecule has 1 heterocycles. The first-order valence-electron chi connectivity index (χ1n) is 11.8. The molecule has 0 saturated heterocycles. The van der Waals surface area contributed by atoms with Crippen molar-refractivity contribution in [2.24, 2.45) is 0 Å². The molecule has 16 heteroatoms. The second-order valence-corrected chi connectivity index (χ2v) is 14.4. The molecule has 2 aromatic rings. The number of halogens is 7. The molecule has 1 aromatic heterocycles. The Bertz CT molecular complexity index is 1500. The van der Waals surface area contributed by atoms with E-state index in [9.17, 15) is 48.0 Å². The van der Waals surface area contributed by atoms with Gasteiger partial charge in [0.25, 0.3) is 5.91 Å². The maximum absolute atomic E-state index is 15.7. The number of carbonyl (C=O) groups excluding carboxylic acids is 1. The number of hydrogen-bond acceptors (Lipinski definition) is 6. The van der Waals surface area contributed by atoms with Crippen LogP contribution in [-0.2, 0) is 32.0 Å². The SMILES string of the molecule is CC(C)S(=O)(=O)c1cc(C(F)(F)F)cnc1C(=O)N(C)[C@H]1CC[C@@](F)(S(=O)(=O)c2cccc(C(F)(F)F)c2)CC1. The molecule has 1 aliphatic rings. The fourth-order valence-electron chi connectivity index (χ4n) is 4.30. The van der Waals surface area contributed by atoms with Crippen LogP contribution in [-0.4, -0.2) is 56.0 Å². The zero-order valence-electron chi connectivity index (χ0n) is 21.3. The molecule has 0 bridgehead atoms. The number of sulfone groups is 2. The number of carbonyl (C=O) groups is 1. The lowest BCUT2D eigenvalue weighted by atomic mass is 9.92. The van der Waals surface area contributed by atoms with Crippen molar-refractivity contribution in [3.05, 3.63) is 53.3 Å². The maximum Gasteiger partial charge on any atom is 0.417 e. The molecule has 1 amide bonds. The minimum atomic E-state index is -4.94. The van der Waals surface area contributed by atoms with Crippen molar-refractivity contribution in [2.45, 2.75) is 78.0 Å². The summed E-state index contributed by atoms with van der Waals surface area (Å²) in [6.07, 6.45) is -11.5. The van der Waals surface area contributed by atoms with Gasteiger partial charge in [-0.25, -0.2) is 26.2 Å². The summed E-state index contributed by atoms with van der Waals surface area (Å²) in [5, 5.41) is -4.14. The minimum absolute atomic E-state index is 0.288. The Hall–Kier alpha value is -2.75. The van der Waals surface area contributed by atoms with Crippen molar-refractivity contribution < 1.29 is 52.4 Å². The van der Waals surface area contributed by atoms with Gasteiger partial charge in [0.1, 0.15) is 5.69 Å². The number of nitrogens with zero attached hydrogens (tertiary/aromatic N) is 2. The van der Waals surface area contributed by atoms with E-state index in [1.807, 2.05) is 0 Å². The Balaban J connectivity index is 1.88. The van der Waals surface area contributed by atoms with Crippen molar-refractivity contribution in [2.75, 3.05) is 7.05 Å². The molecular formula is C24H25F7N2O5S2. The third kappa shape index (κ3) is 5.97. The van der Waals surface area contributed by atoms with E-state index in [2.05, 4.69) is 4.98 Å². The van der Waals surface area contributed by atoms with Crippen molar-refractivity contribution in [3.8, 4) is 0 Å². The van der Waals surface area contributed by atoms with Crippen LogP contribution in [0, 0.1) is 0 Å². The third-order valence-electron chi connectivity index (χ3n) is 6.83. The predicted molar refractivity (Wildman–Crippen MR) is 128 cm³/mol. The molecule has 1 aliphatic carbocycles. The lowest BCUT2D eigenvalue weighted by molar-refractivity contribution is -0.138. The van der Waals surface area contributed by atoms with Gasteiger partial charge in [-0.3, -0.25) is 4.79 Å². The molecule has 0 spiro atoms. The zero-order valence-corrected chi connectivity index (χ0v) is 23.0. The van der Waals surface area contributed by atoms with Gasteiger partial charge in [-0.05, 0) is 63.8 Å². The lowest BCUT2D eigenvalue weighted by Crippen LogP contribution is -2.46. The molecule has 40 heavy (non-hydrogen) atoms. The van der Waals surface area contributed by atoms with Crippen LogP contribution in [0.5, 0.6) is 0 Å². The lowest BCUT2D eigenvalue weighted by Gasteiger charge is -2.37. The highest BCUT2D eigenvalue weighted by Crippen LogP contribution is 2.43. The molecule has 1 fully saturated rings. The quantitative estimate of drug-likeness (QED) is 0.399. The topological polar surface area (TPSA) is 101 Å². The number of amides is 1. The van der Waals surface area contributed by atoms with Gasteiger partial charge in [-0.1, -0.05) is 6.07 Å².